The highest BCUT2D eigenvalue weighted by atomic mass is 14.5. The first-order valence-electron chi connectivity index (χ1n) is 6.89. The first-order chi connectivity index (χ1) is 8.79. The van der Waals surface area contributed by atoms with Crippen molar-refractivity contribution in [3.63, 3.8) is 0 Å². The molecule has 0 heteroatoms. The summed E-state index contributed by atoms with van der Waals surface area (Å²) in [6.07, 6.45) is 0. The van der Waals surface area contributed by atoms with Crippen LogP contribution in [0.1, 0.15) is 36.8 Å². The van der Waals surface area contributed by atoms with Gasteiger partial charge in [-0.3, -0.25) is 0 Å². The van der Waals surface area contributed by atoms with E-state index in [9.17, 15) is 0 Å². The van der Waals surface area contributed by atoms with Crippen molar-refractivity contribution in [2.75, 3.05) is 0 Å². The summed E-state index contributed by atoms with van der Waals surface area (Å²) in [6.45, 7) is 4.80. The third-order valence-corrected chi connectivity index (χ3v) is 4.63. The van der Waals surface area contributed by atoms with Gasteiger partial charge < -0.3 is 0 Å². The summed E-state index contributed by atoms with van der Waals surface area (Å²) in [4.78, 5) is 0. The van der Waals surface area contributed by atoms with E-state index in [1.54, 1.807) is 0 Å². The fourth-order valence-corrected chi connectivity index (χ4v) is 3.82. The summed E-state index contributed by atoms with van der Waals surface area (Å²) >= 11 is 0. The molecule has 0 spiro atoms. The minimum absolute atomic E-state index is 0.719. The predicted octanol–water partition coefficient (Wildman–Crippen LogP) is 4.84. The molecule has 0 aliphatic heterocycles. The number of hydrogen-bond acceptors (Lipinski definition) is 0. The summed E-state index contributed by atoms with van der Waals surface area (Å²) in [6, 6.07) is 21.9. The van der Waals surface area contributed by atoms with Crippen LogP contribution in [0, 0.1) is 11.8 Å². The Morgan fingerprint density at radius 3 is 1.22 bits per heavy atom. The highest BCUT2D eigenvalue weighted by Crippen LogP contribution is 2.56. The fraction of sp³-hybridized carbons (Fsp3) is 0.333. The van der Waals surface area contributed by atoms with Crippen LogP contribution in [0.5, 0.6) is 0 Å². The van der Waals surface area contributed by atoms with Gasteiger partial charge in [-0.25, -0.2) is 0 Å². The van der Waals surface area contributed by atoms with Crippen LogP contribution >= 0.6 is 0 Å². The van der Waals surface area contributed by atoms with Gasteiger partial charge in [-0.2, -0.15) is 0 Å². The van der Waals surface area contributed by atoms with Crippen molar-refractivity contribution in [3.05, 3.63) is 71.8 Å². The average Bonchev–Trinajstić information content (AvgIpc) is 2.41. The fourth-order valence-electron chi connectivity index (χ4n) is 3.82. The maximum absolute atomic E-state index is 2.40. The molecule has 1 saturated carbocycles. The van der Waals surface area contributed by atoms with Crippen LogP contribution in [-0.2, 0) is 0 Å². The molecule has 0 nitrogen and oxygen atoms in total. The Balaban J connectivity index is 1.84. The molecule has 3 rings (SSSR count). The van der Waals surface area contributed by atoms with Crippen molar-refractivity contribution in [3.8, 4) is 0 Å². The van der Waals surface area contributed by atoms with Gasteiger partial charge in [0.1, 0.15) is 0 Å². The largest absolute Gasteiger partial charge is 0.0622 e. The first kappa shape index (κ1) is 11.5. The molecular weight excluding hydrogens is 216 g/mol. The molecule has 1 aliphatic rings. The molecule has 2 aromatic carbocycles. The minimum atomic E-state index is 0.719. The molecule has 0 aromatic heterocycles. The average molecular weight is 236 g/mol. The smallest absolute Gasteiger partial charge is 0.00987 e. The lowest BCUT2D eigenvalue weighted by Crippen LogP contribution is -2.39. The summed E-state index contributed by atoms with van der Waals surface area (Å²) in [5.41, 5.74) is 3.01. The van der Waals surface area contributed by atoms with Gasteiger partial charge in [0.15, 0.2) is 0 Å². The van der Waals surface area contributed by atoms with Crippen molar-refractivity contribution in [2.45, 2.75) is 25.7 Å². The minimum Gasteiger partial charge on any atom is -0.0622 e. The third-order valence-electron chi connectivity index (χ3n) is 4.63. The molecule has 0 unspecified atom stereocenters. The van der Waals surface area contributed by atoms with Crippen molar-refractivity contribution in [1.29, 1.82) is 0 Å². The van der Waals surface area contributed by atoms with Gasteiger partial charge in [0.25, 0.3) is 0 Å². The van der Waals surface area contributed by atoms with Crippen molar-refractivity contribution < 1.29 is 0 Å². The number of benzene rings is 2. The van der Waals surface area contributed by atoms with E-state index in [1.165, 1.54) is 11.1 Å². The van der Waals surface area contributed by atoms with Crippen molar-refractivity contribution in [1.82, 2.24) is 0 Å². The molecule has 0 amide bonds. The lowest BCUT2D eigenvalue weighted by Gasteiger charge is -2.50. The van der Waals surface area contributed by atoms with E-state index in [0.717, 1.165) is 23.7 Å². The van der Waals surface area contributed by atoms with Crippen LogP contribution in [-0.4, -0.2) is 0 Å². The molecule has 1 aliphatic carbocycles. The van der Waals surface area contributed by atoms with Gasteiger partial charge in [-0.15, -0.1) is 0 Å². The second kappa shape index (κ2) is 4.61. The van der Waals surface area contributed by atoms with E-state index < -0.39 is 0 Å². The Morgan fingerprint density at radius 1 is 0.556 bits per heavy atom. The zero-order chi connectivity index (χ0) is 12.5. The number of hydrogen-bond donors (Lipinski definition) is 0. The lowest BCUT2D eigenvalue weighted by molar-refractivity contribution is 0.125. The van der Waals surface area contributed by atoms with Crippen LogP contribution in [0.4, 0.5) is 0 Å². The van der Waals surface area contributed by atoms with Crippen LogP contribution in [0.2, 0.25) is 0 Å². The van der Waals surface area contributed by atoms with E-state index in [2.05, 4.69) is 74.5 Å². The van der Waals surface area contributed by atoms with E-state index in [0.29, 0.717) is 0 Å². The Kier molecular flexibility index (Phi) is 2.95. The topological polar surface area (TPSA) is 0 Å². The first-order valence-corrected chi connectivity index (χ1v) is 6.89. The molecule has 0 radical (unpaired) electrons. The molecule has 1 fully saturated rings. The molecule has 0 heterocycles. The van der Waals surface area contributed by atoms with Gasteiger partial charge in [0.2, 0.25) is 0 Å². The lowest BCUT2D eigenvalue weighted by atomic mass is 9.54. The SMILES string of the molecule is CC1C(c2ccccc2)C(C)C1c1ccccc1. The van der Waals surface area contributed by atoms with Crippen LogP contribution in [0.25, 0.3) is 0 Å². The zero-order valence-corrected chi connectivity index (χ0v) is 11.1. The van der Waals surface area contributed by atoms with E-state index >= 15 is 0 Å². The van der Waals surface area contributed by atoms with Crippen LogP contribution in [0.3, 0.4) is 0 Å². The van der Waals surface area contributed by atoms with Crippen LogP contribution < -0.4 is 0 Å². The van der Waals surface area contributed by atoms with Gasteiger partial charge in [-0.1, -0.05) is 74.5 Å². The molecule has 92 valence electrons. The normalized spacial score (nSPS) is 30.8. The Bertz CT molecular complexity index is 443. The molecule has 0 N–H and O–H groups in total. The summed E-state index contributed by atoms with van der Waals surface area (Å²) in [5.74, 6) is 2.92. The van der Waals surface area contributed by atoms with Gasteiger partial charge in [0.05, 0.1) is 0 Å². The Morgan fingerprint density at radius 2 is 0.889 bits per heavy atom. The van der Waals surface area contributed by atoms with Crippen molar-refractivity contribution in [2.24, 2.45) is 11.8 Å². The zero-order valence-electron chi connectivity index (χ0n) is 11.1. The molecule has 0 atom stereocenters. The summed E-state index contributed by atoms with van der Waals surface area (Å²) in [5, 5.41) is 0. The van der Waals surface area contributed by atoms with E-state index in [4.69, 9.17) is 0 Å². The second-order valence-electron chi connectivity index (χ2n) is 5.59. The molecule has 0 bridgehead atoms. The van der Waals surface area contributed by atoms with E-state index in [1.807, 2.05) is 0 Å². The van der Waals surface area contributed by atoms with E-state index in [-0.39, 0.29) is 0 Å². The van der Waals surface area contributed by atoms with Crippen molar-refractivity contribution >= 4 is 0 Å². The van der Waals surface area contributed by atoms with Gasteiger partial charge in [0, 0.05) is 0 Å². The molecule has 18 heavy (non-hydrogen) atoms. The quantitative estimate of drug-likeness (QED) is 0.700. The Labute approximate surface area is 110 Å². The maximum Gasteiger partial charge on any atom is -0.00987 e. The molecular formula is C18H20. The third kappa shape index (κ3) is 1.77. The predicted molar refractivity (Wildman–Crippen MR) is 76.7 cm³/mol. The Hall–Kier alpha value is -1.56. The van der Waals surface area contributed by atoms with Gasteiger partial charge in [-0.05, 0) is 34.8 Å². The van der Waals surface area contributed by atoms with Gasteiger partial charge >= 0.3 is 0 Å². The highest BCUT2D eigenvalue weighted by molar-refractivity contribution is 5.32. The van der Waals surface area contributed by atoms with Crippen LogP contribution in [0.15, 0.2) is 60.7 Å². The monoisotopic (exact) mass is 236 g/mol. The molecule has 2 aromatic rings. The summed E-state index contributed by atoms with van der Waals surface area (Å²) < 4.78 is 0. The highest BCUT2D eigenvalue weighted by Gasteiger charge is 2.45. The summed E-state index contributed by atoms with van der Waals surface area (Å²) in [7, 11) is 0. The standard InChI is InChI=1S/C18H20/c1-13-17(15-9-5-3-6-10-15)14(2)18(13)16-11-7-4-8-12-16/h3-14,17-18H,1-2H3. The number of rotatable bonds is 2. The maximum atomic E-state index is 2.40. The second-order valence-corrected chi connectivity index (χ2v) is 5.59. The molecule has 0 saturated heterocycles.